The molecule has 1 aliphatic heterocycles. The highest BCUT2D eigenvalue weighted by Gasteiger charge is 2.21. The van der Waals surface area contributed by atoms with Crippen LogP contribution in [0.1, 0.15) is 0 Å². The third-order valence-corrected chi connectivity index (χ3v) is 4.77. The number of hydrogen-bond acceptors (Lipinski definition) is 7. The number of anilines is 2. The van der Waals surface area contributed by atoms with Crippen LogP contribution in [-0.2, 0) is 0 Å². The van der Waals surface area contributed by atoms with Gasteiger partial charge in [0.25, 0.3) is 0 Å². The molecule has 0 N–H and O–H groups in total. The lowest BCUT2D eigenvalue weighted by molar-refractivity contribution is 0.415. The number of nitriles is 1. The summed E-state index contributed by atoms with van der Waals surface area (Å²) in [6, 6.07) is 10.3. The Morgan fingerprint density at radius 1 is 1.08 bits per heavy atom. The summed E-state index contributed by atoms with van der Waals surface area (Å²) < 4.78 is 5.21. The largest absolute Gasteiger partial charge is 0.497 e. The van der Waals surface area contributed by atoms with Crippen LogP contribution in [0.2, 0.25) is 0 Å². The molecule has 0 unspecified atom stereocenters. The van der Waals surface area contributed by atoms with Crippen molar-refractivity contribution in [2.45, 2.75) is 5.03 Å². The molecule has 2 heterocycles. The molecule has 0 bridgehead atoms. The Kier molecular flexibility index (Phi) is 5.39. The first-order valence-electron chi connectivity index (χ1n) is 7.76. The molecular weight excluding hydrogens is 322 g/mol. The van der Waals surface area contributed by atoms with Crippen LogP contribution in [0.15, 0.2) is 41.7 Å². The van der Waals surface area contributed by atoms with Gasteiger partial charge in [-0.15, -0.1) is 0 Å². The summed E-state index contributed by atoms with van der Waals surface area (Å²) in [7, 11) is 1.68. The first-order chi connectivity index (χ1) is 11.8. The van der Waals surface area contributed by atoms with Crippen molar-refractivity contribution < 1.29 is 4.74 Å². The highest BCUT2D eigenvalue weighted by atomic mass is 32.2. The van der Waals surface area contributed by atoms with Crippen LogP contribution in [-0.4, -0.2) is 49.0 Å². The van der Waals surface area contributed by atoms with Crippen molar-refractivity contribution in [2.24, 2.45) is 0 Å². The smallest absolute Gasteiger partial charge is 0.161 e. The molecule has 2 aromatic rings. The first-order valence-corrected chi connectivity index (χ1v) is 8.75. The predicted molar refractivity (Wildman–Crippen MR) is 95.8 cm³/mol. The summed E-state index contributed by atoms with van der Waals surface area (Å²) in [5.41, 5.74) is 1.20. The minimum Gasteiger partial charge on any atom is -0.497 e. The van der Waals surface area contributed by atoms with Crippen molar-refractivity contribution in [1.29, 1.82) is 5.26 Å². The molecule has 124 valence electrons. The number of hydrogen-bond donors (Lipinski definition) is 0. The fraction of sp³-hybridized carbons (Fsp3) is 0.353. The van der Waals surface area contributed by atoms with Crippen LogP contribution in [0.25, 0.3) is 0 Å². The normalized spacial score (nSPS) is 14.3. The van der Waals surface area contributed by atoms with Crippen LogP contribution in [0, 0.1) is 11.3 Å². The molecule has 0 atom stereocenters. The summed E-state index contributed by atoms with van der Waals surface area (Å²) >= 11 is 1.44. The Morgan fingerprint density at radius 3 is 2.42 bits per heavy atom. The van der Waals surface area contributed by atoms with E-state index in [1.54, 1.807) is 19.5 Å². The van der Waals surface area contributed by atoms with Gasteiger partial charge in [0.15, 0.2) is 5.82 Å². The molecule has 1 aliphatic rings. The van der Waals surface area contributed by atoms with Crippen LogP contribution in [0.3, 0.4) is 0 Å². The molecule has 0 radical (unpaired) electrons. The van der Waals surface area contributed by atoms with E-state index in [0.717, 1.165) is 42.8 Å². The molecule has 0 aliphatic carbocycles. The third-order valence-electron chi connectivity index (χ3n) is 3.94. The lowest BCUT2D eigenvalue weighted by atomic mass is 10.2. The zero-order valence-corrected chi connectivity index (χ0v) is 14.4. The van der Waals surface area contributed by atoms with Crippen molar-refractivity contribution >= 4 is 23.3 Å². The molecule has 24 heavy (non-hydrogen) atoms. The minimum absolute atomic E-state index is 0.386. The number of rotatable bonds is 5. The highest BCUT2D eigenvalue weighted by Crippen LogP contribution is 2.27. The topological polar surface area (TPSA) is 65.3 Å². The maximum atomic E-state index is 8.78. The molecule has 1 saturated heterocycles. The molecule has 1 aromatic heterocycles. The van der Waals surface area contributed by atoms with E-state index in [-0.39, 0.29) is 0 Å². The number of ether oxygens (including phenoxy) is 1. The summed E-state index contributed by atoms with van der Waals surface area (Å²) in [6.45, 7) is 3.60. The van der Waals surface area contributed by atoms with Crippen molar-refractivity contribution in [3.05, 3.63) is 36.7 Å². The van der Waals surface area contributed by atoms with Crippen LogP contribution in [0.5, 0.6) is 5.75 Å². The zero-order chi connectivity index (χ0) is 16.8. The standard InChI is InChI=1S/C17H19N5OS/c1-23-15-4-2-14(3-5-15)21-9-11-22(12-10-21)16-17(24-13-6-18)20-8-7-19-16/h2-5,7-8H,9-13H2,1H3. The molecule has 7 heteroatoms. The van der Waals surface area contributed by atoms with Gasteiger partial charge >= 0.3 is 0 Å². The lowest BCUT2D eigenvalue weighted by Gasteiger charge is -2.37. The van der Waals surface area contributed by atoms with Crippen molar-refractivity contribution in [3.8, 4) is 11.8 Å². The molecular formula is C17H19N5OS. The Morgan fingerprint density at radius 2 is 1.75 bits per heavy atom. The van der Waals surface area contributed by atoms with E-state index in [1.807, 2.05) is 12.1 Å². The van der Waals surface area contributed by atoms with Gasteiger partial charge in [0.05, 0.1) is 18.9 Å². The quantitative estimate of drug-likeness (QED) is 0.774. The van der Waals surface area contributed by atoms with E-state index in [0.29, 0.717) is 5.75 Å². The third kappa shape index (κ3) is 3.71. The maximum absolute atomic E-state index is 8.78. The Balaban J connectivity index is 1.65. The van der Waals surface area contributed by atoms with Gasteiger partial charge in [-0.05, 0) is 24.3 Å². The van der Waals surface area contributed by atoms with E-state index < -0.39 is 0 Å². The Hall–Kier alpha value is -2.46. The maximum Gasteiger partial charge on any atom is 0.161 e. The minimum atomic E-state index is 0.386. The lowest BCUT2D eigenvalue weighted by Crippen LogP contribution is -2.47. The van der Waals surface area contributed by atoms with Crippen molar-refractivity contribution in [2.75, 3.05) is 48.8 Å². The summed E-state index contributed by atoms with van der Waals surface area (Å²) in [5.74, 6) is 2.14. The van der Waals surface area contributed by atoms with Crippen LogP contribution >= 0.6 is 11.8 Å². The van der Waals surface area contributed by atoms with Gasteiger partial charge in [0, 0.05) is 44.3 Å². The Bertz CT molecular complexity index is 708. The second-order valence-corrected chi connectivity index (χ2v) is 6.27. The van der Waals surface area contributed by atoms with Gasteiger partial charge < -0.3 is 14.5 Å². The Labute approximate surface area is 146 Å². The molecule has 0 saturated carbocycles. The van der Waals surface area contributed by atoms with Gasteiger partial charge in [-0.2, -0.15) is 5.26 Å². The summed E-state index contributed by atoms with van der Waals surface area (Å²) in [4.78, 5) is 13.4. The zero-order valence-electron chi connectivity index (χ0n) is 13.6. The van der Waals surface area contributed by atoms with E-state index in [2.05, 4.69) is 38.0 Å². The number of thioether (sulfide) groups is 1. The van der Waals surface area contributed by atoms with Crippen LogP contribution < -0.4 is 14.5 Å². The van der Waals surface area contributed by atoms with Crippen molar-refractivity contribution in [3.63, 3.8) is 0 Å². The predicted octanol–water partition coefficient (Wildman–Crippen LogP) is 2.43. The van der Waals surface area contributed by atoms with Gasteiger partial charge in [-0.3, -0.25) is 0 Å². The average molecular weight is 341 g/mol. The molecule has 0 spiro atoms. The molecule has 1 fully saturated rings. The SMILES string of the molecule is COc1ccc(N2CCN(c3nccnc3SCC#N)CC2)cc1. The molecule has 0 amide bonds. The fourth-order valence-corrected chi connectivity index (χ4v) is 3.35. The summed E-state index contributed by atoms with van der Waals surface area (Å²) in [6.07, 6.45) is 3.39. The number of piperazine rings is 1. The van der Waals surface area contributed by atoms with E-state index in [1.165, 1.54) is 17.4 Å². The molecule has 1 aromatic carbocycles. The van der Waals surface area contributed by atoms with Gasteiger partial charge in [0.1, 0.15) is 10.8 Å². The van der Waals surface area contributed by atoms with Gasteiger partial charge in [-0.1, -0.05) is 11.8 Å². The second kappa shape index (κ2) is 7.88. The van der Waals surface area contributed by atoms with Crippen LogP contribution in [0.4, 0.5) is 11.5 Å². The fourth-order valence-electron chi connectivity index (χ4n) is 2.71. The van der Waals surface area contributed by atoms with Gasteiger partial charge in [-0.25, -0.2) is 9.97 Å². The average Bonchev–Trinajstić information content (AvgIpc) is 2.67. The van der Waals surface area contributed by atoms with E-state index >= 15 is 0 Å². The summed E-state index contributed by atoms with van der Waals surface area (Å²) in [5, 5.41) is 9.61. The number of nitrogens with zero attached hydrogens (tertiary/aromatic N) is 5. The van der Waals surface area contributed by atoms with E-state index in [9.17, 15) is 0 Å². The number of benzene rings is 1. The molecule has 6 nitrogen and oxygen atoms in total. The highest BCUT2D eigenvalue weighted by molar-refractivity contribution is 7.99. The van der Waals surface area contributed by atoms with Gasteiger partial charge in [0.2, 0.25) is 0 Å². The number of aromatic nitrogens is 2. The molecule has 3 rings (SSSR count). The van der Waals surface area contributed by atoms with Crippen molar-refractivity contribution in [1.82, 2.24) is 9.97 Å². The first kappa shape index (κ1) is 16.4. The monoisotopic (exact) mass is 341 g/mol. The van der Waals surface area contributed by atoms with E-state index in [4.69, 9.17) is 10.00 Å². The second-order valence-electron chi connectivity index (χ2n) is 5.30. The number of methoxy groups -OCH3 is 1.